The molecule has 14 heteroatoms. The van der Waals surface area contributed by atoms with Crippen LogP contribution in [0.3, 0.4) is 0 Å². The van der Waals surface area contributed by atoms with E-state index >= 15 is 0 Å². The lowest BCUT2D eigenvalue weighted by Crippen LogP contribution is -2.51. The molecule has 2 aromatic rings. The summed E-state index contributed by atoms with van der Waals surface area (Å²) in [5, 5.41) is 5.34. The Bertz CT molecular complexity index is 1460. The third-order valence-corrected chi connectivity index (χ3v) is 8.71. The zero-order valence-electron chi connectivity index (χ0n) is 28.2. The van der Waals surface area contributed by atoms with E-state index in [1.807, 2.05) is 27.7 Å². The van der Waals surface area contributed by atoms with Crippen molar-refractivity contribution in [1.29, 1.82) is 0 Å². The number of aromatic nitrogens is 4. The number of methoxy groups -OCH3 is 2. The van der Waals surface area contributed by atoms with Gasteiger partial charge in [0.25, 0.3) is 0 Å². The van der Waals surface area contributed by atoms with Crippen molar-refractivity contribution in [3.63, 3.8) is 0 Å². The standard InChI is InChI=1S/C33H48N8O6/c1-20(2)26(38-32(44)46-5)30(42)40-16-10-14-24(40)28-34-18-22(36-28)12-8-7-9-13-23-19-35-29(37-23)25-15-11-17-41(25)31(43)27(21(3)4)39-33(45)47-6/h18-21,24-27H,8,10-17H2,1-6H3,(H,34,36)(H,35,37)(H,38,44)(H,39,45)/t24-,25-,26-,27-/m0/s1. The van der Waals surface area contributed by atoms with E-state index in [0.717, 1.165) is 48.7 Å². The molecule has 256 valence electrons. The summed E-state index contributed by atoms with van der Waals surface area (Å²) >= 11 is 0. The number of nitrogens with one attached hydrogen (secondary N) is 4. The second kappa shape index (κ2) is 16.3. The zero-order chi connectivity index (χ0) is 34.1. The average Bonchev–Trinajstić information content (AvgIpc) is 3.87. The molecule has 4 N–H and O–H groups in total. The molecule has 4 atom stereocenters. The van der Waals surface area contributed by atoms with Gasteiger partial charge in [-0.3, -0.25) is 9.59 Å². The van der Waals surface area contributed by atoms with Crippen LogP contribution >= 0.6 is 0 Å². The number of aromatic amines is 2. The van der Waals surface area contributed by atoms with Crippen LogP contribution in [0.4, 0.5) is 9.59 Å². The van der Waals surface area contributed by atoms with E-state index in [4.69, 9.17) is 9.47 Å². The molecule has 0 radical (unpaired) electrons. The van der Waals surface area contributed by atoms with Crippen molar-refractivity contribution in [2.24, 2.45) is 11.8 Å². The highest BCUT2D eigenvalue weighted by Gasteiger charge is 2.38. The van der Waals surface area contributed by atoms with E-state index in [2.05, 4.69) is 42.4 Å². The normalized spacial score (nSPS) is 18.9. The molecule has 2 saturated heterocycles. The Balaban J connectivity index is 1.30. The highest BCUT2D eigenvalue weighted by molar-refractivity contribution is 5.87. The van der Waals surface area contributed by atoms with Gasteiger partial charge in [0.1, 0.15) is 23.7 Å². The van der Waals surface area contributed by atoms with Crippen LogP contribution in [0.2, 0.25) is 0 Å². The van der Waals surface area contributed by atoms with E-state index in [0.29, 0.717) is 32.4 Å². The molecule has 2 aromatic heterocycles. The van der Waals surface area contributed by atoms with Gasteiger partial charge in [-0.15, -0.1) is 5.92 Å². The SMILES string of the molecule is COC(=O)N[C@H](C(=O)N1CCC[C@H]1c1ncc(CC#CCCc2cnc([C@@H]3CCCN3C(=O)[C@@H](NC(=O)OC)C(C)C)[nH]2)[nH]1)C(C)C. The number of rotatable bonds is 11. The third-order valence-electron chi connectivity index (χ3n) is 8.71. The van der Waals surface area contributed by atoms with Gasteiger partial charge < -0.3 is 39.9 Å². The Labute approximate surface area is 276 Å². The van der Waals surface area contributed by atoms with Crippen molar-refractivity contribution >= 4 is 24.0 Å². The van der Waals surface area contributed by atoms with Gasteiger partial charge in [0, 0.05) is 43.3 Å². The Kier molecular flexibility index (Phi) is 12.3. The number of amides is 4. The highest BCUT2D eigenvalue weighted by atomic mass is 16.5. The summed E-state index contributed by atoms with van der Waals surface area (Å²) in [6.07, 6.45) is 7.41. The van der Waals surface area contributed by atoms with Gasteiger partial charge in [0.05, 0.1) is 32.7 Å². The molecule has 0 aliphatic carbocycles. The predicted octanol–water partition coefficient (Wildman–Crippen LogP) is 3.40. The maximum Gasteiger partial charge on any atom is 0.407 e. The van der Waals surface area contributed by atoms with Gasteiger partial charge in [0.15, 0.2) is 0 Å². The van der Waals surface area contributed by atoms with Crippen LogP contribution in [0.5, 0.6) is 0 Å². The fraction of sp³-hybridized carbons (Fsp3) is 0.636. The number of carbonyl (C=O) groups excluding carboxylic acids is 4. The van der Waals surface area contributed by atoms with Crippen LogP contribution in [0.15, 0.2) is 12.4 Å². The van der Waals surface area contributed by atoms with Crippen molar-refractivity contribution in [3.05, 3.63) is 35.4 Å². The lowest BCUT2D eigenvalue weighted by molar-refractivity contribution is -0.136. The first-order valence-electron chi connectivity index (χ1n) is 16.4. The highest BCUT2D eigenvalue weighted by Crippen LogP contribution is 2.32. The molecule has 4 amide bonds. The predicted molar refractivity (Wildman–Crippen MR) is 173 cm³/mol. The average molecular weight is 653 g/mol. The van der Waals surface area contributed by atoms with Gasteiger partial charge in [-0.25, -0.2) is 19.6 Å². The van der Waals surface area contributed by atoms with Gasteiger partial charge in [-0.2, -0.15) is 0 Å². The maximum atomic E-state index is 13.4. The number of aryl methyl sites for hydroxylation is 1. The monoisotopic (exact) mass is 652 g/mol. The van der Waals surface area contributed by atoms with Gasteiger partial charge in [-0.1, -0.05) is 33.6 Å². The first kappa shape index (κ1) is 35.3. The number of carbonyl (C=O) groups is 4. The van der Waals surface area contributed by atoms with Crippen LogP contribution in [-0.4, -0.2) is 93.1 Å². The van der Waals surface area contributed by atoms with Gasteiger partial charge in [0.2, 0.25) is 11.8 Å². The van der Waals surface area contributed by atoms with Gasteiger partial charge >= 0.3 is 12.2 Å². The van der Waals surface area contributed by atoms with Crippen molar-refractivity contribution in [1.82, 2.24) is 40.4 Å². The molecular formula is C33H48N8O6. The maximum absolute atomic E-state index is 13.4. The Morgan fingerprint density at radius 2 is 1.28 bits per heavy atom. The summed E-state index contributed by atoms with van der Waals surface area (Å²) in [6, 6.07) is -1.72. The number of nitrogens with zero attached hydrogens (tertiary/aromatic N) is 4. The summed E-state index contributed by atoms with van der Waals surface area (Å²) < 4.78 is 9.43. The molecule has 2 fully saturated rings. The van der Waals surface area contributed by atoms with Crippen LogP contribution in [0.1, 0.15) is 94.9 Å². The van der Waals surface area contributed by atoms with Gasteiger partial charge in [-0.05, 0) is 43.9 Å². The van der Waals surface area contributed by atoms with E-state index in [1.54, 1.807) is 22.2 Å². The van der Waals surface area contributed by atoms with Crippen molar-refractivity contribution in [2.45, 2.75) is 96.8 Å². The van der Waals surface area contributed by atoms with Crippen LogP contribution in [-0.2, 0) is 31.9 Å². The molecule has 0 unspecified atom stereocenters. The van der Waals surface area contributed by atoms with Crippen molar-refractivity contribution < 1.29 is 28.7 Å². The minimum Gasteiger partial charge on any atom is -0.453 e. The lowest BCUT2D eigenvalue weighted by Gasteiger charge is -2.30. The number of ether oxygens (including phenoxy) is 2. The first-order valence-corrected chi connectivity index (χ1v) is 16.4. The van der Waals surface area contributed by atoms with E-state index in [1.165, 1.54) is 14.2 Å². The van der Waals surface area contributed by atoms with Crippen molar-refractivity contribution in [3.8, 4) is 11.8 Å². The molecule has 0 spiro atoms. The Morgan fingerprint density at radius 1 is 0.809 bits per heavy atom. The molecule has 47 heavy (non-hydrogen) atoms. The molecule has 0 aromatic carbocycles. The molecule has 4 rings (SSSR count). The molecular weight excluding hydrogens is 604 g/mol. The first-order chi connectivity index (χ1) is 22.5. The van der Waals surface area contributed by atoms with E-state index in [9.17, 15) is 19.2 Å². The number of alkyl carbamates (subject to hydrolysis) is 2. The fourth-order valence-corrected chi connectivity index (χ4v) is 6.14. The lowest BCUT2D eigenvalue weighted by atomic mass is 10.0. The van der Waals surface area contributed by atoms with E-state index in [-0.39, 0.29) is 35.7 Å². The number of hydrogen-bond acceptors (Lipinski definition) is 8. The summed E-state index contributed by atoms with van der Waals surface area (Å²) in [6.45, 7) is 8.77. The summed E-state index contributed by atoms with van der Waals surface area (Å²) in [4.78, 5) is 69.8. The van der Waals surface area contributed by atoms with Crippen LogP contribution in [0.25, 0.3) is 0 Å². The van der Waals surface area contributed by atoms with Crippen LogP contribution in [0, 0.1) is 23.7 Å². The molecule has 14 nitrogen and oxygen atoms in total. The van der Waals surface area contributed by atoms with E-state index < -0.39 is 24.3 Å². The largest absolute Gasteiger partial charge is 0.453 e. The fourth-order valence-electron chi connectivity index (χ4n) is 6.14. The molecule has 2 aliphatic heterocycles. The second-order valence-corrected chi connectivity index (χ2v) is 12.7. The minimum absolute atomic E-state index is 0.0946. The second-order valence-electron chi connectivity index (χ2n) is 12.7. The van der Waals surface area contributed by atoms with Crippen LogP contribution < -0.4 is 10.6 Å². The smallest absolute Gasteiger partial charge is 0.407 e. The molecule has 0 bridgehead atoms. The van der Waals surface area contributed by atoms with Crippen molar-refractivity contribution in [2.75, 3.05) is 27.3 Å². The minimum atomic E-state index is -0.679. The number of likely N-dealkylation sites (tertiary alicyclic amines) is 2. The topological polar surface area (TPSA) is 175 Å². The number of hydrogen-bond donors (Lipinski definition) is 4. The molecule has 4 heterocycles. The quantitative estimate of drug-likeness (QED) is 0.267. The summed E-state index contributed by atoms with van der Waals surface area (Å²) in [5.41, 5.74) is 1.81. The number of H-pyrrole nitrogens is 2. The summed E-state index contributed by atoms with van der Waals surface area (Å²) in [7, 11) is 2.56. The zero-order valence-corrected chi connectivity index (χ0v) is 28.2. The molecule has 0 saturated carbocycles. The Hall–Kier alpha value is -4.54. The molecule has 2 aliphatic rings. The number of imidazole rings is 2. The third kappa shape index (κ3) is 8.84. The summed E-state index contributed by atoms with van der Waals surface area (Å²) in [5.74, 6) is 7.41. The Morgan fingerprint density at radius 3 is 1.74 bits per heavy atom.